The second-order valence-electron chi connectivity index (χ2n) is 6.59. The Bertz CT molecular complexity index is 681. The van der Waals surface area contributed by atoms with E-state index in [-0.39, 0.29) is 0 Å². The van der Waals surface area contributed by atoms with Gasteiger partial charge in [0.25, 0.3) is 0 Å². The summed E-state index contributed by atoms with van der Waals surface area (Å²) in [6.07, 6.45) is 7.35. The van der Waals surface area contributed by atoms with Crippen LogP contribution in [-0.2, 0) is 6.42 Å². The maximum absolute atomic E-state index is 5.28. The van der Waals surface area contributed by atoms with Crippen molar-refractivity contribution in [3.05, 3.63) is 24.0 Å². The third-order valence-electron chi connectivity index (χ3n) is 4.91. The number of anilines is 2. The van der Waals surface area contributed by atoms with Crippen LogP contribution in [0.4, 0.5) is 11.8 Å². The molecule has 2 fully saturated rings. The molecule has 7 nitrogen and oxygen atoms in total. The predicted octanol–water partition coefficient (Wildman–Crippen LogP) is 2.41. The summed E-state index contributed by atoms with van der Waals surface area (Å²) >= 11 is 0. The van der Waals surface area contributed by atoms with Gasteiger partial charge in [-0.15, -0.1) is 0 Å². The van der Waals surface area contributed by atoms with Crippen molar-refractivity contribution in [2.45, 2.75) is 44.9 Å². The molecule has 1 atom stereocenters. The number of hydrogen-bond donors (Lipinski definition) is 0. The number of piperidine rings is 1. The van der Waals surface area contributed by atoms with Crippen molar-refractivity contribution in [3.63, 3.8) is 0 Å². The first-order chi connectivity index (χ1) is 11.8. The van der Waals surface area contributed by atoms with Crippen molar-refractivity contribution in [1.82, 2.24) is 20.1 Å². The summed E-state index contributed by atoms with van der Waals surface area (Å²) in [5.41, 5.74) is 0. The maximum Gasteiger partial charge on any atom is 0.227 e. The van der Waals surface area contributed by atoms with Crippen molar-refractivity contribution in [1.29, 1.82) is 0 Å². The Kier molecular flexibility index (Phi) is 4.32. The summed E-state index contributed by atoms with van der Waals surface area (Å²) in [4.78, 5) is 18.4. The van der Waals surface area contributed by atoms with Gasteiger partial charge in [0.15, 0.2) is 5.82 Å². The Morgan fingerprint density at radius 1 is 1.12 bits per heavy atom. The summed E-state index contributed by atoms with van der Waals surface area (Å²) in [6.45, 7) is 6.07. The third kappa shape index (κ3) is 3.07. The molecule has 2 aromatic heterocycles. The molecule has 4 rings (SSSR count). The largest absolute Gasteiger partial charge is 0.356 e. The Morgan fingerprint density at radius 3 is 2.75 bits per heavy atom. The van der Waals surface area contributed by atoms with Crippen molar-refractivity contribution in [3.8, 4) is 0 Å². The molecule has 0 unspecified atom stereocenters. The van der Waals surface area contributed by atoms with Gasteiger partial charge in [-0.25, -0.2) is 4.98 Å². The smallest absolute Gasteiger partial charge is 0.227 e. The minimum atomic E-state index is 0.293. The minimum absolute atomic E-state index is 0.293. The highest BCUT2D eigenvalue weighted by molar-refractivity contribution is 5.44. The molecule has 0 bridgehead atoms. The van der Waals surface area contributed by atoms with Crippen molar-refractivity contribution >= 4 is 11.8 Å². The van der Waals surface area contributed by atoms with Crippen LogP contribution < -0.4 is 9.80 Å². The Hall–Kier alpha value is -2.18. The van der Waals surface area contributed by atoms with E-state index in [1.807, 2.05) is 19.2 Å². The Morgan fingerprint density at radius 2 is 1.96 bits per heavy atom. The summed E-state index contributed by atoms with van der Waals surface area (Å²) in [6, 6.07) is 2.02. The Balaban J connectivity index is 1.50. The lowest BCUT2D eigenvalue weighted by molar-refractivity contribution is 0.367. The number of hydrogen-bond acceptors (Lipinski definition) is 7. The standard InChI is InChI=1S/C17H24N6O/c1-2-15-20-16(21-24-15)13-6-5-11-23(12-13)17-18-8-7-14(19-17)22-9-3-4-10-22/h7-8,13H,2-6,9-12H2,1H3/t13-/m0/s1. The van der Waals surface area contributed by atoms with Crippen LogP contribution in [0.25, 0.3) is 0 Å². The zero-order valence-corrected chi connectivity index (χ0v) is 14.2. The first-order valence-electron chi connectivity index (χ1n) is 8.99. The molecule has 4 heterocycles. The highest BCUT2D eigenvalue weighted by Gasteiger charge is 2.27. The van der Waals surface area contributed by atoms with Gasteiger partial charge >= 0.3 is 0 Å². The van der Waals surface area contributed by atoms with Crippen LogP contribution in [0, 0.1) is 0 Å². The average molecular weight is 328 g/mol. The molecule has 0 saturated carbocycles. The highest BCUT2D eigenvalue weighted by Crippen LogP contribution is 2.28. The number of rotatable bonds is 4. The van der Waals surface area contributed by atoms with E-state index in [0.717, 1.165) is 68.9 Å². The molecule has 0 spiro atoms. The molecule has 0 amide bonds. The van der Waals surface area contributed by atoms with E-state index in [1.54, 1.807) is 0 Å². The molecular formula is C17H24N6O. The first kappa shape index (κ1) is 15.4. The van der Waals surface area contributed by atoms with Crippen LogP contribution in [-0.4, -0.2) is 46.3 Å². The molecule has 0 aromatic carbocycles. The molecule has 24 heavy (non-hydrogen) atoms. The maximum atomic E-state index is 5.28. The van der Waals surface area contributed by atoms with E-state index in [1.165, 1.54) is 12.8 Å². The SMILES string of the molecule is CCc1nc([C@H]2CCCN(c3nccc(N4CCCC4)n3)C2)no1. The van der Waals surface area contributed by atoms with Gasteiger partial charge in [0.05, 0.1) is 0 Å². The summed E-state index contributed by atoms with van der Waals surface area (Å²) < 4.78 is 5.28. The molecule has 128 valence electrons. The van der Waals surface area contributed by atoms with Gasteiger partial charge in [-0.2, -0.15) is 9.97 Å². The van der Waals surface area contributed by atoms with E-state index in [2.05, 4.69) is 24.9 Å². The lowest BCUT2D eigenvalue weighted by atomic mass is 9.98. The molecule has 0 aliphatic carbocycles. The molecule has 7 heteroatoms. The van der Waals surface area contributed by atoms with Crippen LogP contribution >= 0.6 is 0 Å². The minimum Gasteiger partial charge on any atom is -0.356 e. The van der Waals surface area contributed by atoms with Gasteiger partial charge in [0.1, 0.15) is 5.82 Å². The third-order valence-corrected chi connectivity index (χ3v) is 4.91. The molecule has 0 radical (unpaired) electrons. The van der Waals surface area contributed by atoms with E-state index < -0.39 is 0 Å². The highest BCUT2D eigenvalue weighted by atomic mass is 16.5. The van der Waals surface area contributed by atoms with Crippen LogP contribution in [0.3, 0.4) is 0 Å². The summed E-state index contributed by atoms with van der Waals surface area (Å²) in [5, 5.41) is 4.16. The number of aryl methyl sites for hydroxylation is 1. The zero-order valence-electron chi connectivity index (χ0n) is 14.2. The van der Waals surface area contributed by atoms with Crippen molar-refractivity contribution in [2.24, 2.45) is 0 Å². The zero-order chi connectivity index (χ0) is 16.4. The molecule has 2 aromatic rings. The van der Waals surface area contributed by atoms with Gasteiger partial charge in [-0.1, -0.05) is 12.1 Å². The average Bonchev–Trinajstić information content (AvgIpc) is 3.34. The second kappa shape index (κ2) is 6.75. The lowest BCUT2D eigenvalue weighted by Gasteiger charge is -2.31. The van der Waals surface area contributed by atoms with Gasteiger partial charge in [0.2, 0.25) is 11.8 Å². The van der Waals surface area contributed by atoms with Crippen LogP contribution in [0.5, 0.6) is 0 Å². The normalized spacial score (nSPS) is 21.5. The predicted molar refractivity (Wildman–Crippen MR) is 91.3 cm³/mol. The van der Waals surface area contributed by atoms with Crippen molar-refractivity contribution < 1.29 is 4.52 Å². The van der Waals surface area contributed by atoms with Crippen LogP contribution in [0.1, 0.15) is 50.2 Å². The van der Waals surface area contributed by atoms with E-state index in [4.69, 9.17) is 9.51 Å². The van der Waals surface area contributed by atoms with Crippen LogP contribution in [0.2, 0.25) is 0 Å². The lowest BCUT2D eigenvalue weighted by Crippen LogP contribution is -2.36. The first-order valence-corrected chi connectivity index (χ1v) is 8.99. The topological polar surface area (TPSA) is 71.2 Å². The molecular weight excluding hydrogens is 304 g/mol. The Labute approximate surface area is 142 Å². The monoisotopic (exact) mass is 328 g/mol. The quantitative estimate of drug-likeness (QED) is 0.853. The number of aromatic nitrogens is 4. The fourth-order valence-electron chi connectivity index (χ4n) is 3.56. The number of nitrogens with zero attached hydrogens (tertiary/aromatic N) is 6. The van der Waals surface area contributed by atoms with E-state index in [0.29, 0.717) is 5.92 Å². The van der Waals surface area contributed by atoms with E-state index >= 15 is 0 Å². The van der Waals surface area contributed by atoms with Gasteiger partial charge < -0.3 is 14.3 Å². The van der Waals surface area contributed by atoms with Crippen LogP contribution in [0.15, 0.2) is 16.8 Å². The fraction of sp³-hybridized carbons (Fsp3) is 0.647. The fourth-order valence-corrected chi connectivity index (χ4v) is 3.56. The molecule has 0 N–H and O–H groups in total. The van der Waals surface area contributed by atoms with Gasteiger partial charge in [0, 0.05) is 44.7 Å². The second-order valence-corrected chi connectivity index (χ2v) is 6.59. The molecule has 2 aliphatic heterocycles. The van der Waals surface area contributed by atoms with Gasteiger partial charge in [-0.3, -0.25) is 0 Å². The van der Waals surface area contributed by atoms with Crippen molar-refractivity contribution in [2.75, 3.05) is 36.0 Å². The summed E-state index contributed by atoms with van der Waals surface area (Å²) in [5.74, 6) is 3.71. The van der Waals surface area contributed by atoms with Gasteiger partial charge in [-0.05, 0) is 31.7 Å². The van der Waals surface area contributed by atoms with E-state index in [9.17, 15) is 0 Å². The molecule has 2 aliphatic rings. The summed E-state index contributed by atoms with van der Waals surface area (Å²) in [7, 11) is 0. The molecule has 2 saturated heterocycles.